The molecule has 4 nitrogen and oxygen atoms in total. The van der Waals surface area contributed by atoms with Gasteiger partial charge in [0.25, 0.3) is 0 Å². The largest absolute Gasteiger partial charge is 0.296 e. The van der Waals surface area contributed by atoms with Crippen LogP contribution in [-0.2, 0) is 0 Å². The lowest BCUT2D eigenvalue weighted by Crippen LogP contribution is -1.91. The Labute approximate surface area is 87.0 Å². The number of fused-ring (bicyclic) bond motifs is 1. The number of hydrogen-bond acceptors (Lipinski definition) is 3. The number of aldehydes is 1. The number of aromatic nitrogens is 3. The first-order valence-electron chi connectivity index (χ1n) is 5.08. The molecule has 0 aliphatic heterocycles. The summed E-state index contributed by atoms with van der Waals surface area (Å²) in [5.74, 6) is 2.00. The normalized spacial score (nSPS) is 24.3. The lowest BCUT2D eigenvalue weighted by atomic mass is 10.2. The van der Waals surface area contributed by atoms with Crippen molar-refractivity contribution in [3.8, 4) is 0 Å². The van der Waals surface area contributed by atoms with Gasteiger partial charge in [-0.05, 0) is 23.8 Å². The fourth-order valence-corrected chi connectivity index (χ4v) is 1.95. The average Bonchev–Trinajstić information content (AvgIpc) is 2.83. The van der Waals surface area contributed by atoms with Gasteiger partial charge in [0.15, 0.2) is 6.29 Å². The molecule has 0 bridgehead atoms. The Morgan fingerprint density at radius 2 is 2.33 bits per heavy atom. The average molecular weight is 201 g/mol. The van der Waals surface area contributed by atoms with E-state index in [0.29, 0.717) is 17.4 Å². The van der Waals surface area contributed by atoms with Gasteiger partial charge in [0.2, 0.25) is 5.78 Å². The van der Waals surface area contributed by atoms with Gasteiger partial charge in [-0.15, -0.1) is 0 Å². The molecule has 2 unspecified atom stereocenters. The number of hydrogen-bond donors (Lipinski definition) is 0. The van der Waals surface area contributed by atoms with Crippen LogP contribution in [0, 0.1) is 5.92 Å². The van der Waals surface area contributed by atoms with Gasteiger partial charge in [-0.25, -0.2) is 9.97 Å². The van der Waals surface area contributed by atoms with Crippen LogP contribution in [0.15, 0.2) is 18.6 Å². The summed E-state index contributed by atoms with van der Waals surface area (Å²) in [6.07, 6.45) is 7.59. The van der Waals surface area contributed by atoms with Gasteiger partial charge in [0.05, 0.1) is 0 Å². The number of nitrogens with zero attached hydrogens (tertiary/aromatic N) is 3. The lowest BCUT2D eigenvalue weighted by molar-refractivity contribution is 0.111. The third kappa shape index (κ3) is 1.33. The fourth-order valence-electron chi connectivity index (χ4n) is 1.95. The predicted octanol–water partition coefficient (Wildman–Crippen LogP) is 1.67. The van der Waals surface area contributed by atoms with E-state index in [1.54, 1.807) is 6.20 Å². The second kappa shape index (κ2) is 2.89. The third-order valence-electron chi connectivity index (χ3n) is 3.01. The molecule has 15 heavy (non-hydrogen) atoms. The minimum atomic E-state index is 0.434. The van der Waals surface area contributed by atoms with Crippen LogP contribution in [0.25, 0.3) is 5.78 Å². The van der Waals surface area contributed by atoms with Crippen LogP contribution in [-0.4, -0.2) is 20.7 Å². The lowest BCUT2D eigenvalue weighted by Gasteiger charge is -1.98. The highest BCUT2D eigenvalue weighted by atomic mass is 16.1. The molecular weight excluding hydrogens is 190 g/mol. The van der Waals surface area contributed by atoms with Crippen molar-refractivity contribution in [1.82, 2.24) is 14.4 Å². The predicted molar refractivity (Wildman–Crippen MR) is 54.9 cm³/mol. The van der Waals surface area contributed by atoms with Gasteiger partial charge in [0.1, 0.15) is 5.69 Å². The van der Waals surface area contributed by atoms with Crippen LogP contribution in [0.5, 0.6) is 0 Å². The van der Waals surface area contributed by atoms with E-state index < -0.39 is 0 Å². The zero-order chi connectivity index (χ0) is 10.4. The van der Waals surface area contributed by atoms with E-state index in [4.69, 9.17) is 0 Å². The Balaban J connectivity index is 2.09. The molecule has 2 atom stereocenters. The highest BCUT2D eigenvalue weighted by molar-refractivity contribution is 5.72. The van der Waals surface area contributed by atoms with Gasteiger partial charge in [-0.2, -0.15) is 0 Å². The third-order valence-corrected chi connectivity index (χ3v) is 3.01. The summed E-state index contributed by atoms with van der Waals surface area (Å²) in [7, 11) is 0. The summed E-state index contributed by atoms with van der Waals surface area (Å²) >= 11 is 0. The van der Waals surface area contributed by atoms with Crippen LogP contribution >= 0.6 is 0 Å². The van der Waals surface area contributed by atoms with Crippen LogP contribution in [0.3, 0.4) is 0 Å². The zero-order valence-corrected chi connectivity index (χ0v) is 8.42. The van der Waals surface area contributed by atoms with Crippen molar-refractivity contribution in [2.24, 2.45) is 5.92 Å². The monoisotopic (exact) mass is 201 g/mol. The van der Waals surface area contributed by atoms with E-state index in [2.05, 4.69) is 16.9 Å². The molecule has 2 aromatic heterocycles. The van der Waals surface area contributed by atoms with Crippen LogP contribution in [0.1, 0.15) is 35.3 Å². The van der Waals surface area contributed by atoms with E-state index >= 15 is 0 Å². The van der Waals surface area contributed by atoms with Crippen molar-refractivity contribution in [1.29, 1.82) is 0 Å². The first kappa shape index (κ1) is 8.59. The second-order valence-corrected chi connectivity index (χ2v) is 4.20. The zero-order valence-electron chi connectivity index (χ0n) is 8.42. The maximum atomic E-state index is 10.6. The molecule has 0 aromatic carbocycles. The Hall–Kier alpha value is -1.71. The van der Waals surface area contributed by atoms with Gasteiger partial charge in [0, 0.05) is 18.6 Å². The molecule has 0 radical (unpaired) electrons. The van der Waals surface area contributed by atoms with E-state index in [1.165, 1.54) is 12.0 Å². The van der Waals surface area contributed by atoms with Gasteiger partial charge >= 0.3 is 0 Å². The van der Waals surface area contributed by atoms with Crippen LogP contribution in [0.4, 0.5) is 0 Å². The SMILES string of the molecule is CC1CC1c1cnc2nc(C=O)cn2c1. The Morgan fingerprint density at radius 3 is 3.00 bits per heavy atom. The Bertz CT molecular complexity index is 532. The molecule has 4 heteroatoms. The molecule has 0 spiro atoms. The first-order valence-corrected chi connectivity index (χ1v) is 5.08. The van der Waals surface area contributed by atoms with Crippen LogP contribution < -0.4 is 0 Å². The number of carbonyl (C=O) groups excluding carboxylic acids is 1. The summed E-state index contributed by atoms with van der Waals surface area (Å²) in [6, 6.07) is 0. The number of rotatable bonds is 2. The minimum Gasteiger partial charge on any atom is -0.296 e. The summed E-state index contributed by atoms with van der Waals surface area (Å²) in [4.78, 5) is 18.8. The second-order valence-electron chi connectivity index (χ2n) is 4.20. The molecule has 0 saturated heterocycles. The van der Waals surface area contributed by atoms with Crippen molar-refractivity contribution >= 4 is 12.1 Å². The molecule has 2 heterocycles. The summed E-state index contributed by atoms with van der Waals surface area (Å²) in [5.41, 5.74) is 1.67. The van der Waals surface area contributed by atoms with Gasteiger partial charge in [-0.3, -0.25) is 9.20 Å². The highest BCUT2D eigenvalue weighted by Gasteiger charge is 2.34. The van der Waals surface area contributed by atoms with Crippen molar-refractivity contribution in [3.05, 3.63) is 29.8 Å². The summed E-state index contributed by atoms with van der Waals surface area (Å²) in [5, 5.41) is 0. The molecule has 3 rings (SSSR count). The van der Waals surface area contributed by atoms with E-state index in [0.717, 1.165) is 12.2 Å². The molecule has 1 fully saturated rings. The quantitative estimate of drug-likeness (QED) is 0.694. The summed E-state index contributed by atoms with van der Waals surface area (Å²) in [6.45, 7) is 2.24. The summed E-state index contributed by atoms with van der Waals surface area (Å²) < 4.78 is 1.82. The smallest absolute Gasteiger partial charge is 0.234 e. The Morgan fingerprint density at radius 1 is 1.53 bits per heavy atom. The van der Waals surface area contributed by atoms with E-state index in [1.807, 2.05) is 16.8 Å². The van der Waals surface area contributed by atoms with Gasteiger partial charge < -0.3 is 0 Å². The topological polar surface area (TPSA) is 47.3 Å². The molecule has 1 aliphatic carbocycles. The molecule has 1 aliphatic rings. The fraction of sp³-hybridized carbons (Fsp3) is 0.364. The van der Waals surface area contributed by atoms with Gasteiger partial charge in [-0.1, -0.05) is 6.92 Å². The van der Waals surface area contributed by atoms with Crippen molar-refractivity contribution in [2.45, 2.75) is 19.3 Å². The molecular formula is C11H11N3O. The standard InChI is InChI=1S/C11H11N3O/c1-7-2-10(7)8-3-12-11-13-9(6-15)5-14(11)4-8/h3-7,10H,2H2,1H3. The molecule has 76 valence electrons. The number of imidazole rings is 1. The van der Waals surface area contributed by atoms with Crippen molar-refractivity contribution in [2.75, 3.05) is 0 Å². The number of carbonyl (C=O) groups is 1. The first-order chi connectivity index (χ1) is 7.28. The highest BCUT2D eigenvalue weighted by Crippen LogP contribution is 2.46. The Kier molecular flexibility index (Phi) is 1.65. The van der Waals surface area contributed by atoms with Crippen LogP contribution in [0.2, 0.25) is 0 Å². The maximum Gasteiger partial charge on any atom is 0.234 e. The molecule has 0 N–H and O–H groups in total. The van der Waals surface area contributed by atoms with Crippen molar-refractivity contribution < 1.29 is 4.79 Å². The van der Waals surface area contributed by atoms with E-state index in [-0.39, 0.29) is 0 Å². The maximum absolute atomic E-state index is 10.6. The minimum absolute atomic E-state index is 0.434. The molecule has 0 amide bonds. The van der Waals surface area contributed by atoms with E-state index in [9.17, 15) is 4.79 Å². The van der Waals surface area contributed by atoms with Crippen molar-refractivity contribution in [3.63, 3.8) is 0 Å². The molecule has 1 saturated carbocycles. The molecule has 2 aromatic rings.